The van der Waals surface area contributed by atoms with Crippen LogP contribution in [-0.4, -0.2) is 58.2 Å². The zero-order valence-corrected chi connectivity index (χ0v) is 18.2. The second-order valence-electron chi connectivity index (χ2n) is 7.72. The van der Waals surface area contributed by atoms with Gasteiger partial charge >= 0.3 is 0 Å². The molecule has 29 heavy (non-hydrogen) atoms. The van der Waals surface area contributed by atoms with Crippen molar-refractivity contribution in [2.75, 3.05) is 37.8 Å². The monoisotopic (exact) mass is 414 g/mol. The van der Waals surface area contributed by atoms with Crippen LogP contribution in [0.15, 0.2) is 30.3 Å². The van der Waals surface area contributed by atoms with E-state index >= 15 is 0 Å². The van der Waals surface area contributed by atoms with E-state index in [0.29, 0.717) is 23.4 Å². The van der Waals surface area contributed by atoms with Crippen LogP contribution in [0.5, 0.6) is 0 Å². The fourth-order valence-electron chi connectivity index (χ4n) is 3.52. The van der Waals surface area contributed by atoms with Crippen molar-refractivity contribution in [2.45, 2.75) is 37.2 Å². The van der Waals surface area contributed by atoms with E-state index in [0.717, 1.165) is 32.4 Å². The quantitative estimate of drug-likeness (QED) is 0.745. The Morgan fingerprint density at radius 3 is 2.55 bits per heavy atom. The average molecular weight is 415 g/mol. The third-order valence-corrected chi connectivity index (χ3v) is 6.32. The predicted molar refractivity (Wildman–Crippen MR) is 119 cm³/mol. The predicted octanol–water partition coefficient (Wildman–Crippen LogP) is 2.62. The minimum absolute atomic E-state index is 0.138. The van der Waals surface area contributed by atoms with Gasteiger partial charge in [-0.1, -0.05) is 30.3 Å². The molecule has 2 aromatic rings. The average Bonchev–Trinajstić information content (AvgIpc) is 2.72. The van der Waals surface area contributed by atoms with E-state index in [4.69, 9.17) is 5.73 Å². The molecule has 1 aromatic heterocycles. The second-order valence-corrected chi connectivity index (χ2v) is 9.04. The van der Waals surface area contributed by atoms with Crippen molar-refractivity contribution in [2.24, 2.45) is 5.92 Å². The maximum absolute atomic E-state index is 12.8. The summed E-state index contributed by atoms with van der Waals surface area (Å²) in [5.74, 6) is 2.73. The maximum atomic E-state index is 12.8. The van der Waals surface area contributed by atoms with Crippen molar-refractivity contribution in [1.82, 2.24) is 19.9 Å². The summed E-state index contributed by atoms with van der Waals surface area (Å²) in [7, 11) is 3.72. The lowest BCUT2D eigenvalue weighted by molar-refractivity contribution is -0.131. The Morgan fingerprint density at radius 1 is 1.21 bits per heavy atom. The minimum atomic E-state index is -0.138. The van der Waals surface area contributed by atoms with Crippen LogP contribution in [0, 0.1) is 5.92 Å². The van der Waals surface area contributed by atoms with Gasteiger partial charge in [0.15, 0.2) is 0 Å². The first-order valence-electron chi connectivity index (χ1n) is 10.0. The lowest BCUT2D eigenvalue weighted by Crippen LogP contribution is -2.42. The van der Waals surface area contributed by atoms with Gasteiger partial charge in [0, 0.05) is 27.2 Å². The molecule has 1 aliphatic heterocycles. The number of nitrogen functional groups attached to an aromatic ring is 1. The number of rotatable bonds is 7. The van der Waals surface area contributed by atoms with Gasteiger partial charge in [-0.25, -0.2) is 0 Å². The van der Waals surface area contributed by atoms with Crippen molar-refractivity contribution in [1.29, 1.82) is 0 Å². The number of anilines is 2. The lowest BCUT2D eigenvalue weighted by atomic mass is 9.90. The van der Waals surface area contributed by atoms with Gasteiger partial charge in [-0.15, -0.1) is 11.8 Å². The largest absolute Gasteiger partial charge is 0.368 e. The zero-order valence-electron chi connectivity index (χ0n) is 17.4. The van der Waals surface area contributed by atoms with Crippen LogP contribution in [0.2, 0.25) is 0 Å². The van der Waals surface area contributed by atoms with E-state index in [9.17, 15) is 4.79 Å². The molecule has 1 aromatic carbocycles. The SMILES string of the molecule is C[C@H](SCc1nc(N)nc(N(C)C)n1)C(=O)N1CCC(Cc2ccccc2)CC1. The first-order chi connectivity index (χ1) is 13.9. The molecule has 2 heterocycles. The maximum Gasteiger partial charge on any atom is 0.235 e. The molecule has 0 aliphatic carbocycles. The van der Waals surface area contributed by atoms with Crippen LogP contribution in [0.4, 0.5) is 11.9 Å². The first kappa shape index (κ1) is 21.4. The summed E-state index contributed by atoms with van der Waals surface area (Å²) < 4.78 is 0. The van der Waals surface area contributed by atoms with Gasteiger partial charge in [-0.05, 0) is 37.7 Å². The number of likely N-dealkylation sites (tertiary alicyclic amines) is 1. The fraction of sp³-hybridized carbons (Fsp3) is 0.524. The number of benzene rings is 1. The van der Waals surface area contributed by atoms with Gasteiger partial charge in [0.2, 0.25) is 17.8 Å². The van der Waals surface area contributed by atoms with E-state index in [1.165, 1.54) is 5.56 Å². The topological polar surface area (TPSA) is 88.2 Å². The molecule has 0 radical (unpaired) electrons. The van der Waals surface area contributed by atoms with Gasteiger partial charge in [-0.3, -0.25) is 4.79 Å². The molecule has 7 nitrogen and oxygen atoms in total. The molecule has 0 saturated carbocycles. The fourth-order valence-corrected chi connectivity index (χ4v) is 4.34. The summed E-state index contributed by atoms with van der Waals surface area (Å²) in [5, 5.41) is -0.138. The van der Waals surface area contributed by atoms with Crippen molar-refractivity contribution in [3.63, 3.8) is 0 Å². The van der Waals surface area contributed by atoms with Crippen molar-refractivity contribution >= 4 is 29.6 Å². The zero-order chi connectivity index (χ0) is 20.8. The molecule has 1 fully saturated rings. The number of amides is 1. The van der Waals surface area contributed by atoms with Gasteiger partial charge in [0.1, 0.15) is 5.82 Å². The smallest absolute Gasteiger partial charge is 0.235 e. The summed E-state index contributed by atoms with van der Waals surface area (Å²) in [6.07, 6.45) is 3.23. The second kappa shape index (κ2) is 9.91. The van der Waals surface area contributed by atoms with Crippen molar-refractivity contribution < 1.29 is 4.79 Å². The van der Waals surface area contributed by atoms with Gasteiger partial charge in [-0.2, -0.15) is 15.0 Å². The Balaban J connectivity index is 1.47. The summed E-state index contributed by atoms with van der Waals surface area (Å²) in [5.41, 5.74) is 7.16. The van der Waals surface area contributed by atoms with Gasteiger partial charge in [0.05, 0.1) is 11.0 Å². The number of nitrogens with two attached hydrogens (primary N) is 1. The van der Waals surface area contributed by atoms with Gasteiger partial charge in [0.25, 0.3) is 0 Å². The van der Waals surface area contributed by atoms with E-state index in [1.54, 1.807) is 16.7 Å². The number of carbonyl (C=O) groups excluding carboxylic acids is 1. The molecular weight excluding hydrogens is 384 g/mol. The summed E-state index contributed by atoms with van der Waals surface area (Å²) >= 11 is 1.55. The molecule has 0 spiro atoms. The highest BCUT2D eigenvalue weighted by molar-refractivity contribution is 7.99. The molecule has 0 unspecified atom stereocenters. The Bertz CT molecular complexity index is 808. The number of aromatic nitrogens is 3. The number of piperidine rings is 1. The normalized spacial score (nSPS) is 15.9. The first-order valence-corrected chi connectivity index (χ1v) is 11.1. The number of hydrogen-bond donors (Lipinski definition) is 1. The highest BCUT2D eigenvalue weighted by Gasteiger charge is 2.26. The standard InChI is InChI=1S/C21H30N6OS/c1-15(29-14-18-23-20(22)25-21(24-18)26(2)3)19(28)27-11-9-17(10-12-27)13-16-7-5-4-6-8-16/h4-8,15,17H,9-14H2,1-3H3,(H2,22,23,24,25)/t15-/m0/s1. The third kappa shape index (κ3) is 6.06. The molecule has 1 aliphatic rings. The van der Waals surface area contributed by atoms with Crippen LogP contribution in [0.3, 0.4) is 0 Å². The minimum Gasteiger partial charge on any atom is -0.368 e. The highest BCUT2D eigenvalue weighted by atomic mass is 32.2. The van der Waals surface area contributed by atoms with E-state index in [2.05, 4.69) is 45.3 Å². The Hall–Kier alpha value is -2.35. The Labute approximate surface area is 177 Å². The van der Waals surface area contributed by atoms with E-state index < -0.39 is 0 Å². The van der Waals surface area contributed by atoms with E-state index in [-0.39, 0.29) is 17.1 Å². The molecule has 1 saturated heterocycles. The summed E-state index contributed by atoms with van der Waals surface area (Å²) in [6, 6.07) is 10.6. The lowest BCUT2D eigenvalue weighted by Gasteiger charge is -2.33. The van der Waals surface area contributed by atoms with Crippen LogP contribution < -0.4 is 10.6 Å². The van der Waals surface area contributed by atoms with Crippen LogP contribution >= 0.6 is 11.8 Å². The number of hydrogen-bond acceptors (Lipinski definition) is 7. The molecule has 1 atom stereocenters. The van der Waals surface area contributed by atoms with Gasteiger partial charge < -0.3 is 15.5 Å². The molecule has 3 rings (SSSR count). The van der Waals surface area contributed by atoms with Crippen molar-refractivity contribution in [3.8, 4) is 0 Å². The van der Waals surface area contributed by atoms with Crippen LogP contribution in [-0.2, 0) is 17.0 Å². The van der Waals surface area contributed by atoms with Crippen LogP contribution in [0.1, 0.15) is 31.2 Å². The highest BCUT2D eigenvalue weighted by Crippen LogP contribution is 2.25. The Kier molecular flexibility index (Phi) is 7.30. The summed E-state index contributed by atoms with van der Waals surface area (Å²) in [6.45, 7) is 3.63. The third-order valence-electron chi connectivity index (χ3n) is 5.19. The molecular formula is C21H30N6OS. The number of thioether (sulfide) groups is 1. The number of nitrogens with zero attached hydrogens (tertiary/aromatic N) is 5. The van der Waals surface area contributed by atoms with E-state index in [1.807, 2.05) is 25.9 Å². The number of carbonyl (C=O) groups is 1. The molecule has 1 amide bonds. The molecule has 0 bridgehead atoms. The molecule has 2 N–H and O–H groups in total. The molecule has 156 valence electrons. The Morgan fingerprint density at radius 2 is 1.90 bits per heavy atom. The van der Waals surface area contributed by atoms with Crippen molar-refractivity contribution in [3.05, 3.63) is 41.7 Å². The van der Waals surface area contributed by atoms with Crippen LogP contribution in [0.25, 0.3) is 0 Å². The summed E-state index contributed by atoms with van der Waals surface area (Å²) in [4.78, 5) is 29.3. The molecule has 8 heteroatoms.